The van der Waals surface area contributed by atoms with E-state index >= 15 is 0 Å². The van der Waals surface area contributed by atoms with Gasteiger partial charge in [-0.2, -0.15) is 0 Å². The number of methoxy groups -OCH3 is 5. The van der Waals surface area contributed by atoms with Gasteiger partial charge in [0.2, 0.25) is 5.75 Å². The highest BCUT2D eigenvalue weighted by Gasteiger charge is 2.25. The third kappa shape index (κ3) is 5.47. The normalized spacial score (nSPS) is 15.2. The molecule has 3 N–H and O–H groups in total. The number of aromatic amines is 1. The molecule has 0 saturated carbocycles. The summed E-state index contributed by atoms with van der Waals surface area (Å²) in [5.74, 6) is 2.80. The molecule has 11 heteroatoms. The van der Waals surface area contributed by atoms with Crippen molar-refractivity contribution < 1.29 is 28.5 Å². The molecule has 3 aromatic rings. The largest absolute Gasteiger partial charge is 0.493 e. The van der Waals surface area contributed by atoms with Gasteiger partial charge in [-0.1, -0.05) is 0 Å². The lowest BCUT2D eigenvalue weighted by molar-refractivity contribution is 0.0785. The number of nitrogens with one attached hydrogen (secondary N) is 3. The summed E-state index contributed by atoms with van der Waals surface area (Å²) in [5, 5.41) is 5.86. The molecule has 1 saturated heterocycles. The quantitative estimate of drug-likeness (QED) is 0.398. The molecule has 37 heavy (non-hydrogen) atoms. The van der Waals surface area contributed by atoms with Crippen molar-refractivity contribution in [3.8, 4) is 28.7 Å². The van der Waals surface area contributed by atoms with Crippen LogP contribution >= 0.6 is 0 Å². The number of amides is 2. The minimum Gasteiger partial charge on any atom is -0.493 e. The Labute approximate surface area is 216 Å². The number of hydrogen-bond acceptors (Lipinski definition) is 8. The zero-order valence-corrected chi connectivity index (χ0v) is 22.1. The maximum Gasteiger partial charge on any atom is 0.333 e. The number of benzene rings is 2. The zero-order valence-electron chi connectivity index (χ0n) is 22.1. The highest BCUT2D eigenvalue weighted by Crippen LogP contribution is 2.40. The summed E-state index contributed by atoms with van der Waals surface area (Å²) in [6.45, 7) is 5.16. The Morgan fingerprint density at radius 3 is 2.00 bits per heavy atom. The Morgan fingerprint density at radius 2 is 1.43 bits per heavy atom. The van der Waals surface area contributed by atoms with Crippen LogP contribution in [-0.4, -0.2) is 82.7 Å². The smallest absolute Gasteiger partial charge is 0.333 e. The molecule has 1 atom stereocenters. The molecule has 2 amide bonds. The van der Waals surface area contributed by atoms with E-state index in [2.05, 4.69) is 27.6 Å². The summed E-state index contributed by atoms with van der Waals surface area (Å²) in [7, 11) is 7.88. The number of carbonyl (C=O) groups is 1. The van der Waals surface area contributed by atoms with Crippen molar-refractivity contribution in [1.29, 1.82) is 0 Å². The molecule has 11 nitrogen and oxygen atoms in total. The topological polar surface area (TPSA) is 110 Å². The number of nitrogens with zero attached hydrogens (tertiary/aromatic N) is 2. The molecular formula is C26H35N5O6. The maximum atomic E-state index is 12.7. The first-order valence-electron chi connectivity index (χ1n) is 12.0. The van der Waals surface area contributed by atoms with E-state index in [9.17, 15) is 4.79 Å². The Hall–Kier alpha value is -3.83. The summed E-state index contributed by atoms with van der Waals surface area (Å²) < 4.78 is 27.0. The van der Waals surface area contributed by atoms with Crippen LogP contribution in [-0.2, 0) is 0 Å². The van der Waals surface area contributed by atoms with Gasteiger partial charge in [-0.05, 0) is 18.6 Å². The van der Waals surface area contributed by atoms with Crippen LogP contribution < -0.4 is 34.4 Å². The Bertz CT molecular complexity index is 1210. The summed E-state index contributed by atoms with van der Waals surface area (Å²) >= 11 is 0. The summed E-state index contributed by atoms with van der Waals surface area (Å²) in [5.41, 5.74) is 5.66. The van der Waals surface area contributed by atoms with E-state index in [0.29, 0.717) is 47.5 Å². The molecule has 0 aliphatic carbocycles. The third-order valence-electron chi connectivity index (χ3n) is 6.71. The number of piperazine rings is 1. The molecule has 2 aromatic carbocycles. The molecule has 0 radical (unpaired) electrons. The number of ether oxygens (including phenoxy) is 5. The molecule has 4 rings (SSSR count). The van der Waals surface area contributed by atoms with Crippen molar-refractivity contribution in [2.24, 2.45) is 0 Å². The van der Waals surface area contributed by atoms with Gasteiger partial charge in [0.25, 0.3) is 0 Å². The molecule has 1 aliphatic heterocycles. The Kier molecular flexibility index (Phi) is 8.14. The maximum absolute atomic E-state index is 12.7. The van der Waals surface area contributed by atoms with Crippen LogP contribution in [0, 0.1) is 0 Å². The van der Waals surface area contributed by atoms with E-state index in [0.717, 1.165) is 24.0 Å². The minimum atomic E-state index is -0.339. The molecule has 1 unspecified atom stereocenters. The molecule has 0 bridgehead atoms. The van der Waals surface area contributed by atoms with Crippen molar-refractivity contribution in [2.45, 2.75) is 13.0 Å². The highest BCUT2D eigenvalue weighted by atomic mass is 16.5. The highest BCUT2D eigenvalue weighted by molar-refractivity contribution is 5.90. The van der Waals surface area contributed by atoms with Crippen molar-refractivity contribution >= 4 is 22.6 Å². The molecule has 0 spiro atoms. The first-order valence-corrected chi connectivity index (χ1v) is 12.0. The van der Waals surface area contributed by atoms with E-state index in [1.165, 1.54) is 26.9 Å². The van der Waals surface area contributed by atoms with E-state index in [1.54, 1.807) is 26.4 Å². The van der Waals surface area contributed by atoms with Crippen LogP contribution in [0.2, 0.25) is 0 Å². The molecular weight excluding hydrogens is 478 g/mol. The number of H-pyrrole nitrogens is 1. The fourth-order valence-electron chi connectivity index (χ4n) is 4.69. The number of hydrazine groups is 1. The van der Waals surface area contributed by atoms with Crippen LogP contribution in [0.5, 0.6) is 28.7 Å². The predicted octanol–water partition coefficient (Wildman–Crippen LogP) is 3.63. The molecule has 200 valence electrons. The monoisotopic (exact) mass is 513 g/mol. The number of urea groups is 1. The first kappa shape index (κ1) is 26.2. The Balaban J connectivity index is 1.36. The molecule has 2 heterocycles. The first-order chi connectivity index (χ1) is 17.9. The Morgan fingerprint density at radius 1 is 0.838 bits per heavy atom. The number of hydrogen-bond donors (Lipinski definition) is 3. The second-order valence-electron chi connectivity index (χ2n) is 8.68. The van der Waals surface area contributed by atoms with Crippen LogP contribution in [0.1, 0.15) is 18.5 Å². The van der Waals surface area contributed by atoms with Gasteiger partial charge in [0.05, 0.1) is 41.2 Å². The van der Waals surface area contributed by atoms with Crippen molar-refractivity contribution in [1.82, 2.24) is 20.3 Å². The number of rotatable bonds is 9. The summed E-state index contributed by atoms with van der Waals surface area (Å²) in [6, 6.07) is 7.19. The van der Waals surface area contributed by atoms with Crippen LogP contribution in [0.4, 0.5) is 10.5 Å². The second kappa shape index (κ2) is 11.5. The van der Waals surface area contributed by atoms with E-state index < -0.39 is 0 Å². The molecule has 1 aliphatic rings. The van der Waals surface area contributed by atoms with Gasteiger partial charge in [0.15, 0.2) is 23.0 Å². The van der Waals surface area contributed by atoms with Crippen molar-refractivity contribution in [3.63, 3.8) is 0 Å². The van der Waals surface area contributed by atoms with Gasteiger partial charge in [-0.25, -0.2) is 9.80 Å². The summed E-state index contributed by atoms with van der Waals surface area (Å²) in [4.78, 5) is 18.4. The molecule has 1 aromatic heterocycles. The van der Waals surface area contributed by atoms with Crippen LogP contribution in [0.3, 0.4) is 0 Å². The van der Waals surface area contributed by atoms with E-state index in [1.807, 2.05) is 23.3 Å². The van der Waals surface area contributed by atoms with Crippen molar-refractivity contribution in [2.75, 3.05) is 67.0 Å². The van der Waals surface area contributed by atoms with Crippen molar-refractivity contribution in [3.05, 3.63) is 36.0 Å². The number of aromatic nitrogens is 1. The lowest BCUT2D eigenvalue weighted by atomic mass is 10.0. The van der Waals surface area contributed by atoms with E-state index in [4.69, 9.17) is 23.7 Å². The van der Waals surface area contributed by atoms with Gasteiger partial charge in [-0.3, -0.25) is 10.3 Å². The second-order valence-corrected chi connectivity index (χ2v) is 8.68. The van der Waals surface area contributed by atoms with E-state index in [-0.39, 0.29) is 12.1 Å². The van der Waals surface area contributed by atoms with Gasteiger partial charge in [0, 0.05) is 67.5 Å². The number of carbonyl (C=O) groups excluding carboxylic acids is 1. The fourth-order valence-corrected chi connectivity index (χ4v) is 4.69. The predicted molar refractivity (Wildman–Crippen MR) is 141 cm³/mol. The number of fused-ring (bicyclic) bond motifs is 1. The van der Waals surface area contributed by atoms with Gasteiger partial charge >= 0.3 is 6.03 Å². The van der Waals surface area contributed by atoms with Crippen LogP contribution in [0.15, 0.2) is 30.5 Å². The third-order valence-corrected chi connectivity index (χ3v) is 6.71. The average Bonchev–Trinajstić information content (AvgIpc) is 3.34. The lowest BCUT2D eigenvalue weighted by Crippen LogP contribution is -2.54. The minimum absolute atomic E-state index is 0.182. The van der Waals surface area contributed by atoms with Crippen LogP contribution in [0.25, 0.3) is 10.9 Å². The van der Waals surface area contributed by atoms with Gasteiger partial charge < -0.3 is 34.0 Å². The summed E-state index contributed by atoms with van der Waals surface area (Å²) in [6.07, 6.45) is 2.05. The molecule has 1 fully saturated rings. The lowest BCUT2D eigenvalue weighted by Gasteiger charge is -2.37. The fraction of sp³-hybridized carbons (Fsp3) is 0.423. The van der Waals surface area contributed by atoms with Gasteiger partial charge in [0.1, 0.15) is 0 Å². The number of anilines is 1. The van der Waals surface area contributed by atoms with Gasteiger partial charge in [-0.15, -0.1) is 0 Å². The average molecular weight is 514 g/mol. The zero-order chi connectivity index (χ0) is 26.5. The SMILES string of the molecule is COc1cc2[nH]cc(C(C)N3CCN(NC(=O)Nc4cc(OC)c(OC)c(OC)c4)CC3)c2cc1OC. The standard InChI is InChI=1S/C26H35N5O6/c1-16(19-15-27-20-14-22(34-3)21(33-2)13-18(19)20)30-7-9-31(10-8-30)29-26(32)28-17-11-23(35-4)25(37-6)24(12-17)36-5/h11-16,27H,7-10H2,1-6H3,(H2,28,29,32).